The lowest BCUT2D eigenvalue weighted by atomic mass is 10.1. The Kier molecular flexibility index (Phi) is 10.4. The molecule has 0 radical (unpaired) electrons. The Morgan fingerprint density at radius 2 is 2.17 bits per heavy atom. The SMILES string of the molecule is CCCCC(COC)NC(=O)CNCC1CC1.Cl. The van der Waals surface area contributed by atoms with Crippen LogP contribution in [0.4, 0.5) is 0 Å². The zero-order valence-corrected chi connectivity index (χ0v) is 12.4. The Hall–Kier alpha value is -0.320. The molecule has 1 unspecified atom stereocenters. The molecule has 1 saturated carbocycles. The molecule has 0 aromatic heterocycles. The molecule has 1 aliphatic rings. The number of carbonyl (C=O) groups excluding carboxylic acids is 1. The Labute approximate surface area is 117 Å². The van der Waals surface area contributed by atoms with Gasteiger partial charge in [0, 0.05) is 7.11 Å². The molecule has 0 spiro atoms. The number of unbranched alkanes of at least 4 members (excludes halogenated alkanes) is 1. The number of hydrogen-bond donors (Lipinski definition) is 2. The highest BCUT2D eigenvalue weighted by atomic mass is 35.5. The first-order chi connectivity index (χ1) is 8.26. The first-order valence-corrected chi connectivity index (χ1v) is 6.75. The minimum atomic E-state index is 0. The van der Waals surface area contributed by atoms with Crippen LogP contribution in [-0.4, -0.2) is 38.8 Å². The van der Waals surface area contributed by atoms with Crippen LogP contribution in [0.25, 0.3) is 0 Å². The predicted octanol–water partition coefficient (Wildman–Crippen LogP) is 1.73. The van der Waals surface area contributed by atoms with Gasteiger partial charge in [-0.2, -0.15) is 0 Å². The van der Waals surface area contributed by atoms with Crippen molar-refractivity contribution in [1.82, 2.24) is 10.6 Å². The molecule has 0 aromatic carbocycles. The molecule has 2 N–H and O–H groups in total. The summed E-state index contributed by atoms with van der Waals surface area (Å²) >= 11 is 0. The molecule has 4 nitrogen and oxygen atoms in total. The minimum Gasteiger partial charge on any atom is -0.383 e. The van der Waals surface area contributed by atoms with Gasteiger partial charge in [-0.25, -0.2) is 0 Å². The van der Waals surface area contributed by atoms with Crippen LogP contribution in [0.5, 0.6) is 0 Å². The molecule has 18 heavy (non-hydrogen) atoms. The maximum Gasteiger partial charge on any atom is 0.234 e. The van der Waals surface area contributed by atoms with E-state index < -0.39 is 0 Å². The summed E-state index contributed by atoms with van der Waals surface area (Å²) in [5.41, 5.74) is 0. The van der Waals surface area contributed by atoms with Gasteiger partial charge in [-0.05, 0) is 31.7 Å². The molecule has 0 aliphatic heterocycles. The van der Waals surface area contributed by atoms with E-state index in [0.29, 0.717) is 13.2 Å². The number of nitrogens with one attached hydrogen (secondary N) is 2. The van der Waals surface area contributed by atoms with Gasteiger partial charge in [0.15, 0.2) is 0 Å². The van der Waals surface area contributed by atoms with Gasteiger partial charge >= 0.3 is 0 Å². The average molecular weight is 279 g/mol. The smallest absolute Gasteiger partial charge is 0.234 e. The fourth-order valence-corrected chi connectivity index (χ4v) is 1.84. The van der Waals surface area contributed by atoms with Gasteiger partial charge in [0.25, 0.3) is 0 Å². The fraction of sp³-hybridized carbons (Fsp3) is 0.923. The van der Waals surface area contributed by atoms with Crippen LogP contribution in [0.3, 0.4) is 0 Å². The van der Waals surface area contributed by atoms with E-state index in [0.717, 1.165) is 31.7 Å². The van der Waals surface area contributed by atoms with E-state index >= 15 is 0 Å². The van der Waals surface area contributed by atoms with Crippen LogP contribution >= 0.6 is 12.4 Å². The monoisotopic (exact) mass is 278 g/mol. The lowest BCUT2D eigenvalue weighted by Gasteiger charge is -2.17. The number of halogens is 1. The third kappa shape index (κ3) is 8.72. The van der Waals surface area contributed by atoms with Gasteiger partial charge in [-0.1, -0.05) is 19.8 Å². The van der Waals surface area contributed by atoms with Crippen molar-refractivity contribution in [3.8, 4) is 0 Å². The summed E-state index contributed by atoms with van der Waals surface area (Å²) in [7, 11) is 1.68. The summed E-state index contributed by atoms with van der Waals surface area (Å²) in [5.74, 6) is 0.904. The summed E-state index contributed by atoms with van der Waals surface area (Å²) in [5, 5.41) is 6.22. The Morgan fingerprint density at radius 1 is 1.44 bits per heavy atom. The first kappa shape index (κ1) is 17.7. The van der Waals surface area contributed by atoms with Gasteiger partial charge in [-0.3, -0.25) is 4.79 Å². The van der Waals surface area contributed by atoms with E-state index in [1.165, 1.54) is 12.8 Å². The van der Waals surface area contributed by atoms with E-state index in [1.807, 2.05) is 0 Å². The largest absolute Gasteiger partial charge is 0.383 e. The average Bonchev–Trinajstić information content (AvgIpc) is 3.10. The molecule has 1 rings (SSSR count). The van der Waals surface area contributed by atoms with Crippen molar-refractivity contribution in [2.24, 2.45) is 5.92 Å². The first-order valence-electron chi connectivity index (χ1n) is 6.75. The Balaban J connectivity index is 0.00000289. The van der Waals surface area contributed by atoms with Crippen LogP contribution in [-0.2, 0) is 9.53 Å². The molecule has 1 aliphatic carbocycles. The van der Waals surface area contributed by atoms with Gasteiger partial charge in [-0.15, -0.1) is 12.4 Å². The van der Waals surface area contributed by atoms with E-state index in [-0.39, 0.29) is 24.4 Å². The zero-order valence-electron chi connectivity index (χ0n) is 11.5. The fourth-order valence-electron chi connectivity index (χ4n) is 1.84. The predicted molar refractivity (Wildman–Crippen MR) is 76.2 cm³/mol. The van der Waals surface area contributed by atoms with Gasteiger partial charge < -0.3 is 15.4 Å². The number of carbonyl (C=O) groups is 1. The molecule has 108 valence electrons. The van der Waals surface area contributed by atoms with Crippen molar-refractivity contribution in [1.29, 1.82) is 0 Å². The van der Waals surface area contributed by atoms with Crippen molar-refractivity contribution >= 4 is 18.3 Å². The van der Waals surface area contributed by atoms with Crippen LogP contribution in [0.15, 0.2) is 0 Å². The molecule has 0 heterocycles. The summed E-state index contributed by atoms with van der Waals surface area (Å²) in [6.45, 7) is 4.18. The summed E-state index contributed by atoms with van der Waals surface area (Å²) in [6, 6.07) is 0.162. The van der Waals surface area contributed by atoms with E-state index in [4.69, 9.17) is 4.74 Å². The normalized spacial score (nSPS) is 15.9. The topological polar surface area (TPSA) is 50.4 Å². The number of rotatable bonds is 10. The van der Waals surface area contributed by atoms with E-state index in [1.54, 1.807) is 7.11 Å². The summed E-state index contributed by atoms with van der Waals surface area (Å²) < 4.78 is 5.12. The van der Waals surface area contributed by atoms with Crippen molar-refractivity contribution in [2.75, 3.05) is 26.8 Å². The van der Waals surface area contributed by atoms with Crippen LogP contribution in [0, 0.1) is 5.92 Å². The second-order valence-electron chi connectivity index (χ2n) is 4.94. The van der Waals surface area contributed by atoms with Crippen molar-refractivity contribution in [3.63, 3.8) is 0 Å². The maximum absolute atomic E-state index is 11.7. The molecule has 1 amide bonds. The number of methoxy groups -OCH3 is 1. The molecule has 5 heteroatoms. The highest BCUT2D eigenvalue weighted by Crippen LogP contribution is 2.27. The molecular formula is C13H27ClN2O2. The van der Waals surface area contributed by atoms with E-state index in [2.05, 4.69) is 17.6 Å². The molecule has 0 bridgehead atoms. The van der Waals surface area contributed by atoms with Crippen LogP contribution in [0.1, 0.15) is 39.0 Å². The zero-order chi connectivity index (χ0) is 12.5. The highest BCUT2D eigenvalue weighted by molar-refractivity contribution is 5.85. The third-order valence-corrected chi connectivity index (χ3v) is 3.05. The molecule has 0 saturated heterocycles. The molecule has 0 aromatic rings. The molecule has 1 fully saturated rings. The second kappa shape index (κ2) is 10.6. The van der Waals surface area contributed by atoms with Gasteiger partial charge in [0.05, 0.1) is 19.2 Å². The number of amides is 1. The summed E-state index contributed by atoms with van der Waals surface area (Å²) in [6.07, 6.45) is 5.91. The van der Waals surface area contributed by atoms with Crippen LogP contribution in [0.2, 0.25) is 0 Å². The van der Waals surface area contributed by atoms with Gasteiger partial charge in [0.2, 0.25) is 5.91 Å². The maximum atomic E-state index is 11.7. The molecular weight excluding hydrogens is 252 g/mol. The lowest BCUT2D eigenvalue weighted by Crippen LogP contribution is -2.42. The lowest BCUT2D eigenvalue weighted by molar-refractivity contribution is -0.121. The van der Waals surface area contributed by atoms with Gasteiger partial charge in [0.1, 0.15) is 0 Å². The molecule has 1 atom stereocenters. The standard InChI is InChI=1S/C13H26N2O2.ClH/c1-3-4-5-12(10-17-2)15-13(16)9-14-8-11-6-7-11;/h11-12,14H,3-10H2,1-2H3,(H,15,16);1H. The quantitative estimate of drug-likeness (QED) is 0.640. The summed E-state index contributed by atoms with van der Waals surface area (Å²) in [4.78, 5) is 11.7. The van der Waals surface area contributed by atoms with Crippen LogP contribution < -0.4 is 10.6 Å². The Morgan fingerprint density at radius 3 is 2.72 bits per heavy atom. The number of hydrogen-bond acceptors (Lipinski definition) is 3. The van der Waals surface area contributed by atoms with Crippen molar-refractivity contribution < 1.29 is 9.53 Å². The van der Waals surface area contributed by atoms with Crippen molar-refractivity contribution in [2.45, 2.75) is 45.1 Å². The second-order valence-corrected chi connectivity index (χ2v) is 4.94. The Bertz CT molecular complexity index is 223. The van der Waals surface area contributed by atoms with E-state index in [9.17, 15) is 4.79 Å². The third-order valence-electron chi connectivity index (χ3n) is 3.05. The highest BCUT2D eigenvalue weighted by Gasteiger charge is 2.20. The minimum absolute atomic E-state index is 0. The van der Waals surface area contributed by atoms with Crippen molar-refractivity contribution in [3.05, 3.63) is 0 Å². The number of ether oxygens (including phenoxy) is 1.